The topological polar surface area (TPSA) is 61.0 Å². The fourth-order valence-corrected chi connectivity index (χ4v) is 1.18. The van der Waals surface area contributed by atoms with Gasteiger partial charge in [0.15, 0.2) is 0 Å². The van der Waals surface area contributed by atoms with Crippen molar-refractivity contribution in [3.05, 3.63) is 42.2 Å². The molecule has 1 aromatic carbocycles. The summed E-state index contributed by atoms with van der Waals surface area (Å²) < 4.78 is 5.49. The number of nitrogens with two attached hydrogens (primary N) is 1. The highest BCUT2D eigenvalue weighted by Gasteiger charge is 2.04. The van der Waals surface area contributed by atoms with Crippen LogP contribution in [0.5, 0.6) is 11.8 Å². The lowest BCUT2D eigenvalue weighted by Crippen LogP contribution is -1.95. The molecule has 0 saturated heterocycles. The third-order valence-corrected chi connectivity index (χ3v) is 2.07. The number of nitrogens with zero attached hydrogens (tertiary/aromatic N) is 2. The van der Waals surface area contributed by atoms with Gasteiger partial charge in [0.05, 0.1) is 0 Å². The number of aromatic nitrogens is 2. The molecule has 0 aliphatic rings. The minimum Gasteiger partial charge on any atom is -0.424 e. The highest BCUT2D eigenvalue weighted by atomic mass is 16.5. The summed E-state index contributed by atoms with van der Waals surface area (Å²) in [5.74, 6) is 0.682. The van der Waals surface area contributed by atoms with Crippen molar-refractivity contribution < 1.29 is 4.74 Å². The molecular formula is C11H11N3O. The number of hydrogen-bond donors (Lipinski definition) is 1. The third-order valence-electron chi connectivity index (χ3n) is 2.07. The van der Waals surface area contributed by atoms with Crippen LogP contribution < -0.4 is 10.5 Å². The van der Waals surface area contributed by atoms with Crippen LogP contribution in [0.4, 0.5) is 5.69 Å². The summed E-state index contributed by atoms with van der Waals surface area (Å²) >= 11 is 0. The Labute approximate surface area is 87.7 Å². The van der Waals surface area contributed by atoms with Crippen LogP contribution >= 0.6 is 0 Å². The molecule has 2 aromatic rings. The van der Waals surface area contributed by atoms with Crippen molar-refractivity contribution in [1.82, 2.24) is 9.97 Å². The lowest BCUT2D eigenvalue weighted by atomic mass is 10.2. The smallest absolute Gasteiger partial charge is 0.321 e. The van der Waals surface area contributed by atoms with Crippen LogP contribution in [0.15, 0.2) is 36.7 Å². The molecule has 0 bridgehead atoms. The molecule has 76 valence electrons. The number of ether oxygens (including phenoxy) is 1. The van der Waals surface area contributed by atoms with Gasteiger partial charge >= 0.3 is 6.01 Å². The number of rotatable bonds is 2. The summed E-state index contributed by atoms with van der Waals surface area (Å²) in [6.07, 6.45) is 3.26. The van der Waals surface area contributed by atoms with E-state index in [1.807, 2.05) is 25.1 Å². The van der Waals surface area contributed by atoms with E-state index >= 15 is 0 Å². The van der Waals surface area contributed by atoms with Crippen molar-refractivity contribution >= 4 is 5.69 Å². The first-order valence-corrected chi connectivity index (χ1v) is 4.57. The molecule has 0 radical (unpaired) electrons. The van der Waals surface area contributed by atoms with E-state index in [0.29, 0.717) is 17.4 Å². The van der Waals surface area contributed by atoms with E-state index in [1.54, 1.807) is 18.5 Å². The van der Waals surface area contributed by atoms with Crippen LogP contribution in [-0.2, 0) is 0 Å². The zero-order chi connectivity index (χ0) is 10.7. The summed E-state index contributed by atoms with van der Waals surface area (Å²) in [4.78, 5) is 7.94. The van der Waals surface area contributed by atoms with Gasteiger partial charge in [-0.25, -0.2) is 9.97 Å². The number of nitrogen functional groups attached to an aromatic ring is 1. The molecule has 4 heteroatoms. The van der Waals surface area contributed by atoms with Gasteiger partial charge in [-0.3, -0.25) is 0 Å². The second-order valence-electron chi connectivity index (χ2n) is 3.10. The van der Waals surface area contributed by atoms with Crippen molar-refractivity contribution in [3.8, 4) is 11.8 Å². The Hall–Kier alpha value is -2.10. The van der Waals surface area contributed by atoms with Crippen molar-refractivity contribution in [2.75, 3.05) is 5.73 Å². The second kappa shape index (κ2) is 3.96. The largest absolute Gasteiger partial charge is 0.424 e. The van der Waals surface area contributed by atoms with E-state index in [-0.39, 0.29) is 0 Å². The molecule has 1 aromatic heterocycles. The van der Waals surface area contributed by atoms with Gasteiger partial charge in [-0.2, -0.15) is 0 Å². The molecule has 0 unspecified atom stereocenters. The highest BCUT2D eigenvalue weighted by molar-refractivity contribution is 5.53. The SMILES string of the molecule is Cc1c(N)cccc1Oc1ncccn1. The zero-order valence-corrected chi connectivity index (χ0v) is 8.34. The van der Waals surface area contributed by atoms with Gasteiger partial charge in [0.2, 0.25) is 0 Å². The molecule has 0 amide bonds. The first kappa shape index (κ1) is 9.45. The average Bonchev–Trinajstić information content (AvgIpc) is 2.26. The van der Waals surface area contributed by atoms with Gasteiger partial charge < -0.3 is 10.5 Å². The van der Waals surface area contributed by atoms with Crippen molar-refractivity contribution in [2.45, 2.75) is 6.92 Å². The van der Waals surface area contributed by atoms with E-state index in [1.165, 1.54) is 0 Å². The minimum absolute atomic E-state index is 0.325. The summed E-state index contributed by atoms with van der Waals surface area (Å²) in [5.41, 5.74) is 7.34. The maximum absolute atomic E-state index is 5.75. The molecule has 0 saturated carbocycles. The van der Waals surface area contributed by atoms with Crippen LogP contribution in [0.2, 0.25) is 0 Å². The lowest BCUT2D eigenvalue weighted by molar-refractivity contribution is 0.439. The fourth-order valence-electron chi connectivity index (χ4n) is 1.18. The Morgan fingerprint density at radius 2 is 1.87 bits per heavy atom. The quantitative estimate of drug-likeness (QED) is 0.756. The summed E-state index contributed by atoms with van der Waals surface area (Å²) in [5, 5.41) is 0. The van der Waals surface area contributed by atoms with Gasteiger partial charge in [0, 0.05) is 23.6 Å². The van der Waals surface area contributed by atoms with Gasteiger partial charge in [0.25, 0.3) is 0 Å². The monoisotopic (exact) mass is 201 g/mol. The summed E-state index contributed by atoms with van der Waals surface area (Å²) in [7, 11) is 0. The Balaban J connectivity index is 2.29. The van der Waals surface area contributed by atoms with Crippen LogP contribution in [0.3, 0.4) is 0 Å². The van der Waals surface area contributed by atoms with Crippen LogP contribution in [0.25, 0.3) is 0 Å². The molecule has 0 aliphatic carbocycles. The molecule has 15 heavy (non-hydrogen) atoms. The maximum Gasteiger partial charge on any atom is 0.321 e. The Morgan fingerprint density at radius 3 is 2.60 bits per heavy atom. The van der Waals surface area contributed by atoms with Crippen LogP contribution in [0.1, 0.15) is 5.56 Å². The molecule has 0 spiro atoms. The summed E-state index contributed by atoms with van der Waals surface area (Å²) in [6.45, 7) is 1.90. The first-order chi connectivity index (χ1) is 7.27. The van der Waals surface area contributed by atoms with Gasteiger partial charge in [-0.15, -0.1) is 0 Å². The van der Waals surface area contributed by atoms with Crippen molar-refractivity contribution in [2.24, 2.45) is 0 Å². The Bertz CT molecular complexity index is 457. The van der Waals surface area contributed by atoms with Crippen molar-refractivity contribution in [3.63, 3.8) is 0 Å². The lowest BCUT2D eigenvalue weighted by Gasteiger charge is -2.07. The molecule has 4 nitrogen and oxygen atoms in total. The van der Waals surface area contributed by atoms with Crippen LogP contribution in [0, 0.1) is 6.92 Å². The van der Waals surface area contributed by atoms with Crippen LogP contribution in [-0.4, -0.2) is 9.97 Å². The van der Waals surface area contributed by atoms with E-state index in [2.05, 4.69) is 9.97 Å². The first-order valence-electron chi connectivity index (χ1n) is 4.57. The third kappa shape index (κ3) is 2.04. The van der Waals surface area contributed by atoms with Gasteiger partial charge in [0.1, 0.15) is 5.75 Å². The number of hydrogen-bond acceptors (Lipinski definition) is 4. The molecule has 2 rings (SSSR count). The zero-order valence-electron chi connectivity index (χ0n) is 8.34. The molecule has 0 aliphatic heterocycles. The average molecular weight is 201 g/mol. The second-order valence-corrected chi connectivity index (χ2v) is 3.10. The highest BCUT2D eigenvalue weighted by Crippen LogP contribution is 2.25. The minimum atomic E-state index is 0.325. The Morgan fingerprint density at radius 1 is 1.13 bits per heavy atom. The Kier molecular flexibility index (Phi) is 2.49. The van der Waals surface area contributed by atoms with E-state index in [4.69, 9.17) is 10.5 Å². The number of benzene rings is 1. The van der Waals surface area contributed by atoms with Crippen molar-refractivity contribution in [1.29, 1.82) is 0 Å². The fraction of sp³-hybridized carbons (Fsp3) is 0.0909. The summed E-state index contributed by atoms with van der Waals surface area (Å²) in [6, 6.07) is 7.56. The molecular weight excluding hydrogens is 190 g/mol. The van der Waals surface area contributed by atoms with E-state index in [0.717, 1.165) is 5.56 Å². The predicted molar refractivity (Wildman–Crippen MR) is 57.7 cm³/mol. The van der Waals surface area contributed by atoms with Gasteiger partial charge in [-0.05, 0) is 25.1 Å². The molecule has 2 N–H and O–H groups in total. The molecule has 0 fully saturated rings. The normalized spacial score (nSPS) is 9.93. The maximum atomic E-state index is 5.75. The van der Waals surface area contributed by atoms with Gasteiger partial charge in [-0.1, -0.05) is 6.07 Å². The molecule has 1 heterocycles. The standard InChI is InChI=1S/C11H11N3O/c1-8-9(12)4-2-5-10(8)15-11-13-6-3-7-14-11/h2-7H,12H2,1H3. The van der Waals surface area contributed by atoms with E-state index < -0.39 is 0 Å². The predicted octanol–water partition coefficient (Wildman–Crippen LogP) is 2.16. The van der Waals surface area contributed by atoms with E-state index in [9.17, 15) is 0 Å². The molecule has 0 atom stereocenters. The number of anilines is 1.